The molecule has 0 bridgehead atoms. The Morgan fingerprint density at radius 3 is 2.81 bits per heavy atom. The fraction of sp³-hybridized carbons (Fsp3) is 0.167. The standard InChI is InChI=1S/C12H12BrNO2/c1-8-2-3-9(6-11(8)15)14-7-12-10(13)4-5-16-12/h2-6,14-15H,7H2,1H3. The van der Waals surface area contributed by atoms with E-state index in [1.54, 1.807) is 12.3 Å². The fourth-order valence-electron chi connectivity index (χ4n) is 1.35. The van der Waals surface area contributed by atoms with Crippen molar-refractivity contribution in [3.8, 4) is 5.75 Å². The van der Waals surface area contributed by atoms with Gasteiger partial charge in [-0.3, -0.25) is 0 Å². The zero-order chi connectivity index (χ0) is 11.5. The number of anilines is 1. The lowest BCUT2D eigenvalue weighted by Gasteiger charge is -2.06. The van der Waals surface area contributed by atoms with E-state index in [0.717, 1.165) is 21.5 Å². The van der Waals surface area contributed by atoms with Crippen LogP contribution in [-0.4, -0.2) is 5.11 Å². The van der Waals surface area contributed by atoms with Crippen molar-refractivity contribution in [1.29, 1.82) is 0 Å². The third-order valence-corrected chi connectivity index (χ3v) is 3.06. The molecule has 1 aromatic heterocycles. The highest BCUT2D eigenvalue weighted by Crippen LogP contribution is 2.23. The molecule has 4 heteroatoms. The average molecular weight is 282 g/mol. The van der Waals surface area contributed by atoms with Crippen molar-refractivity contribution >= 4 is 21.6 Å². The van der Waals surface area contributed by atoms with Crippen LogP contribution >= 0.6 is 15.9 Å². The van der Waals surface area contributed by atoms with Gasteiger partial charge in [0.25, 0.3) is 0 Å². The van der Waals surface area contributed by atoms with Gasteiger partial charge in [-0.05, 0) is 40.5 Å². The van der Waals surface area contributed by atoms with Crippen molar-refractivity contribution in [3.63, 3.8) is 0 Å². The molecule has 84 valence electrons. The Hall–Kier alpha value is -1.42. The van der Waals surface area contributed by atoms with Crippen LogP contribution in [0.25, 0.3) is 0 Å². The van der Waals surface area contributed by atoms with Gasteiger partial charge in [0, 0.05) is 11.8 Å². The second kappa shape index (κ2) is 4.61. The molecule has 0 aliphatic carbocycles. The molecule has 1 aromatic carbocycles. The molecule has 1 heterocycles. The first-order valence-corrected chi connectivity index (χ1v) is 5.71. The van der Waals surface area contributed by atoms with E-state index in [-0.39, 0.29) is 0 Å². The highest BCUT2D eigenvalue weighted by atomic mass is 79.9. The van der Waals surface area contributed by atoms with Crippen LogP contribution in [0.1, 0.15) is 11.3 Å². The summed E-state index contributed by atoms with van der Waals surface area (Å²) in [6.45, 7) is 2.44. The monoisotopic (exact) mass is 281 g/mol. The molecule has 0 atom stereocenters. The van der Waals surface area contributed by atoms with Gasteiger partial charge < -0.3 is 14.8 Å². The summed E-state index contributed by atoms with van der Waals surface area (Å²) in [5.41, 5.74) is 1.73. The van der Waals surface area contributed by atoms with Gasteiger partial charge in [0.15, 0.2) is 0 Å². The first-order valence-electron chi connectivity index (χ1n) is 4.92. The maximum absolute atomic E-state index is 9.54. The van der Waals surface area contributed by atoms with Crippen LogP contribution in [-0.2, 0) is 6.54 Å². The number of aromatic hydroxyl groups is 1. The SMILES string of the molecule is Cc1ccc(NCc2occc2Br)cc1O. The summed E-state index contributed by atoms with van der Waals surface area (Å²) < 4.78 is 6.21. The molecule has 0 amide bonds. The molecule has 0 aliphatic rings. The van der Waals surface area contributed by atoms with E-state index in [4.69, 9.17) is 4.42 Å². The number of phenolic OH excluding ortho intramolecular Hbond substituents is 1. The first-order chi connectivity index (χ1) is 7.66. The Labute approximate surface area is 102 Å². The van der Waals surface area contributed by atoms with E-state index in [2.05, 4.69) is 21.2 Å². The van der Waals surface area contributed by atoms with E-state index in [0.29, 0.717) is 12.3 Å². The average Bonchev–Trinajstić information content (AvgIpc) is 2.66. The Kier molecular flexibility index (Phi) is 3.19. The summed E-state index contributed by atoms with van der Waals surface area (Å²) in [6.07, 6.45) is 1.63. The number of hydrogen-bond donors (Lipinski definition) is 2. The minimum atomic E-state index is 0.295. The second-order valence-corrected chi connectivity index (χ2v) is 4.40. The maximum Gasteiger partial charge on any atom is 0.136 e. The van der Waals surface area contributed by atoms with Crippen LogP contribution in [0, 0.1) is 6.92 Å². The molecule has 0 aliphatic heterocycles. The fourth-order valence-corrected chi connectivity index (χ4v) is 1.69. The molecule has 0 saturated heterocycles. The lowest BCUT2D eigenvalue weighted by Crippen LogP contribution is -1.98. The molecular formula is C12H12BrNO2. The first kappa shape index (κ1) is 11.1. The van der Waals surface area contributed by atoms with Crippen molar-refractivity contribution < 1.29 is 9.52 Å². The smallest absolute Gasteiger partial charge is 0.136 e. The maximum atomic E-state index is 9.54. The number of benzene rings is 1. The zero-order valence-electron chi connectivity index (χ0n) is 8.83. The number of halogens is 1. The Bertz CT molecular complexity index is 494. The van der Waals surface area contributed by atoms with E-state index < -0.39 is 0 Å². The summed E-state index contributed by atoms with van der Waals surface area (Å²) >= 11 is 3.38. The van der Waals surface area contributed by atoms with Crippen LogP contribution in [0.4, 0.5) is 5.69 Å². The Morgan fingerprint density at radius 2 is 2.19 bits per heavy atom. The quantitative estimate of drug-likeness (QED) is 0.902. The topological polar surface area (TPSA) is 45.4 Å². The van der Waals surface area contributed by atoms with Gasteiger partial charge in [-0.25, -0.2) is 0 Å². The van der Waals surface area contributed by atoms with Crippen LogP contribution in [0.2, 0.25) is 0 Å². The third kappa shape index (κ3) is 2.39. The van der Waals surface area contributed by atoms with Crippen molar-refractivity contribution in [2.45, 2.75) is 13.5 Å². The predicted molar refractivity (Wildman–Crippen MR) is 66.6 cm³/mol. The molecule has 0 saturated carbocycles. The van der Waals surface area contributed by atoms with Gasteiger partial charge in [-0.15, -0.1) is 0 Å². The lowest BCUT2D eigenvalue weighted by atomic mass is 10.2. The van der Waals surface area contributed by atoms with Crippen molar-refractivity contribution in [2.24, 2.45) is 0 Å². The van der Waals surface area contributed by atoms with E-state index >= 15 is 0 Å². The molecule has 0 radical (unpaired) electrons. The van der Waals surface area contributed by atoms with Crippen molar-refractivity contribution in [1.82, 2.24) is 0 Å². The highest BCUT2D eigenvalue weighted by molar-refractivity contribution is 9.10. The van der Waals surface area contributed by atoms with E-state index in [1.165, 1.54) is 0 Å². The molecule has 0 spiro atoms. The number of aryl methyl sites for hydroxylation is 1. The van der Waals surface area contributed by atoms with Crippen molar-refractivity contribution in [3.05, 3.63) is 46.3 Å². The number of nitrogens with one attached hydrogen (secondary N) is 1. The number of hydrogen-bond acceptors (Lipinski definition) is 3. The summed E-state index contributed by atoms with van der Waals surface area (Å²) in [6, 6.07) is 7.34. The largest absolute Gasteiger partial charge is 0.508 e. The number of rotatable bonds is 3. The summed E-state index contributed by atoms with van der Waals surface area (Å²) in [7, 11) is 0. The lowest BCUT2D eigenvalue weighted by molar-refractivity contribution is 0.471. The van der Waals surface area contributed by atoms with Gasteiger partial charge in [-0.1, -0.05) is 6.07 Å². The van der Waals surface area contributed by atoms with Gasteiger partial charge in [0.1, 0.15) is 11.5 Å². The molecule has 0 unspecified atom stereocenters. The summed E-state index contributed by atoms with van der Waals surface area (Å²) in [4.78, 5) is 0. The third-order valence-electron chi connectivity index (χ3n) is 2.35. The predicted octanol–water partition coefficient (Wildman–Crippen LogP) is 3.67. The number of phenols is 1. The van der Waals surface area contributed by atoms with Crippen LogP contribution in [0.3, 0.4) is 0 Å². The minimum Gasteiger partial charge on any atom is -0.508 e. The van der Waals surface area contributed by atoms with Crippen LogP contribution in [0.15, 0.2) is 39.4 Å². The summed E-state index contributed by atoms with van der Waals surface area (Å²) in [5, 5.41) is 12.7. The number of furan rings is 1. The molecular weight excluding hydrogens is 270 g/mol. The molecule has 0 fully saturated rings. The highest BCUT2D eigenvalue weighted by Gasteiger charge is 2.03. The van der Waals surface area contributed by atoms with Crippen LogP contribution in [0.5, 0.6) is 5.75 Å². The second-order valence-electron chi connectivity index (χ2n) is 3.55. The Morgan fingerprint density at radius 1 is 1.38 bits per heavy atom. The minimum absolute atomic E-state index is 0.295. The van der Waals surface area contributed by atoms with E-state index in [9.17, 15) is 5.11 Å². The van der Waals surface area contributed by atoms with Gasteiger partial charge in [0.2, 0.25) is 0 Å². The zero-order valence-corrected chi connectivity index (χ0v) is 10.4. The molecule has 16 heavy (non-hydrogen) atoms. The van der Waals surface area contributed by atoms with Gasteiger partial charge >= 0.3 is 0 Å². The Balaban J connectivity index is 2.05. The normalized spacial score (nSPS) is 10.4. The van der Waals surface area contributed by atoms with Gasteiger partial charge in [-0.2, -0.15) is 0 Å². The molecule has 3 nitrogen and oxygen atoms in total. The van der Waals surface area contributed by atoms with Crippen LogP contribution < -0.4 is 5.32 Å². The van der Waals surface area contributed by atoms with E-state index in [1.807, 2.05) is 25.1 Å². The van der Waals surface area contributed by atoms with Crippen molar-refractivity contribution in [2.75, 3.05) is 5.32 Å². The molecule has 2 N–H and O–H groups in total. The van der Waals surface area contributed by atoms with Gasteiger partial charge in [0.05, 0.1) is 17.3 Å². The summed E-state index contributed by atoms with van der Waals surface area (Å²) in [5.74, 6) is 1.13. The molecule has 2 aromatic rings. The molecule has 2 rings (SSSR count).